The number of nitrogens with zero attached hydrogens (tertiary/aromatic N) is 5. The van der Waals surface area contributed by atoms with Crippen LogP contribution in [0.1, 0.15) is 41.0 Å². The maximum absolute atomic E-state index is 13.5. The zero-order valence-corrected chi connectivity index (χ0v) is 24.6. The van der Waals surface area contributed by atoms with Crippen molar-refractivity contribution >= 4 is 44.2 Å². The van der Waals surface area contributed by atoms with Crippen molar-refractivity contribution in [2.75, 3.05) is 24.5 Å². The molecule has 0 saturated heterocycles. The number of amides is 1. The summed E-state index contributed by atoms with van der Waals surface area (Å²) in [6, 6.07) is 21.9. The maximum Gasteiger partial charge on any atom is 0.344 e. The van der Waals surface area contributed by atoms with Crippen molar-refractivity contribution < 1.29 is 23.9 Å². The van der Waals surface area contributed by atoms with Crippen LogP contribution in [0.2, 0.25) is 0 Å². The van der Waals surface area contributed by atoms with E-state index in [1.54, 1.807) is 24.1 Å². The Morgan fingerprint density at radius 2 is 1.60 bits per heavy atom. The molecule has 12 nitrogen and oxygen atoms in total. The lowest BCUT2D eigenvalue weighted by atomic mass is 9.99. The van der Waals surface area contributed by atoms with Crippen molar-refractivity contribution in [1.29, 1.82) is 0 Å². The van der Waals surface area contributed by atoms with Gasteiger partial charge in [0.15, 0.2) is 17.6 Å². The Labute approximate surface area is 250 Å². The van der Waals surface area contributed by atoms with Crippen LogP contribution in [0.5, 0.6) is 0 Å². The fraction of sp³-hybridized carbons (Fsp3) is 0.200. The summed E-state index contributed by atoms with van der Waals surface area (Å²) in [5.41, 5.74) is 7.02. The Morgan fingerprint density at radius 1 is 0.907 bits per heavy atom. The van der Waals surface area contributed by atoms with E-state index in [4.69, 9.17) is 9.47 Å². The quantitative estimate of drug-likeness (QED) is 0.211. The van der Waals surface area contributed by atoms with Crippen LogP contribution in [0.15, 0.2) is 77.8 Å². The highest BCUT2D eigenvalue weighted by Crippen LogP contribution is 2.33. The van der Waals surface area contributed by atoms with E-state index in [-0.39, 0.29) is 17.7 Å². The fourth-order valence-corrected chi connectivity index (χ4v) is 6.01. The number of hydrazine groups is 1. The minimum absolute atomic E-state index is 0.0133. The number of carbonyl (C=O) groups is 3. The maximum atomic E-state index is 13.5. The molecular formula is C30H29N7O5S. The summed E-state index contributed by atoms with van der Waals surface area (Å²) in [5.74, 6) is -1.52. The number of hydrogen-bond donors (Lipinski definition) is 2. The van der Waals surface area contributed by atoms with Gasteiger partial charge in [-0.15, -0.1) is 15.6 Å². The monoisotopic (exact) mass is 599 g/mol. The lowest BCUT2D eigenvalue weighted by molar-refractivity contribution is -0.146. The molecular weight excluding hydrogens is 570 g/mol. The third-order valence-corrected chi connectivity index (χ3v) is 8.50. The number of nitrogens with one attached hydrogen (secondary N) is 2. The molecule has 5 rings (SSSR count). The van der Waals surface area contributed by atoms with Crippen molar-refractivity contribution in [3.63, 3.8) is 0 Å². The average molecular weight is 600 g/mol. The predicted molar refractivity (Wildman–Crippen MR) is 165 cm³/mol. The molecule has 13 heteroatoms. The van der Waals surface area contributed by atoms with E-state index in [2.05, 4.69) is 31.0 Å². The minimum atomic E-state index is -0.813. The van der Waals surface area contributed by atoms with Crippen LogP contribution < -0.4 is 10.4 Å². The molecule has 4 aromatic rings. The standard InChI is InChI=1S/C30H29N7O5S/c1-4-25-34-37(20-16-14-19(15-17-20)21-10-6-7-11-22(21)27-32-35-36-33-27)30(43(25)3)31-28(39)23-12-8-9-13-24(23)29(40)42-18-26(38)41-5-2/h6-17,34H,4-5,18H2,1-3H3,(H,32,33,35,36). The second-order valence-electron chi connectivity index (χ2n) is 9.20. The van der Waals surface area contributed by atoms with E-state index in [0.29, 0.717) is 11.0 Å². The van der Waals surface area contributed by atoms with Crippen molar-refractivity contribution in [2.45, 2.75) is 20.3 Å². The van der Waals surface area contributed by atoms with Gasteiger partial charge in [-0.2, -0.15) is 10.4 Å². The van der Waals surface area contributed by atoms with Gasteiger partial charge in [-0.25, -0.2) is 19.7 Å². The summed E-state index contributed by atoms with van der Waals surface area (Å²) in [7, 11) is -0.511. The van der Waals surface area contributed by atoms with Crippen molar-refractivity contribution in [1.82, 2.24) is 26.0 Å². The molecule has 2 N–H and O–H groups in total. The summed E-state index contributed by atoms with van der Waals surface area (Å²) < 4.78 is 9.88. The van der Waals surface area contributed by atoms with Crippen molar-refractivity contribution in [3.05, 3.63) is 83.9 Å². The van der Waals surface area contributed by atoms with E-state index < -0.39 is 34.9 Å². The molecule has 0 radical (unpaired) electrons. The molecule has 1 amide bonds. The van der Waals surface area contributed by atoms with Gasteiger partial charge in [-0.05, 0) is 65.4 Å². The number of hydrogen-bond acceptors (Lipinski definition) is 9. The molecule has 43 heavy (non-hydrogen) atoms. The van der Waals surface area contributed by atoms with Gasteiger partial charge >= 0.3 is 11.9 Å². The highest BCUT2D eigenvalue weighted by molar-refractivity contribution is 8.28. The first-order chi connectivity index (χ1) is 20.9. The van der Waals surface area contributed by atoms with Gasteiger partial charge in [0.05, 0.1) is 23.4 Å². The molecule has 1 atom stereocenters. The number of benzene rings is 3. The molecule has 2 heterocycles. The molecule has 1 aliphatic heterocycles. The smallest absolute Gasteiger partial charge is 0.344 e. The number of ether oxygens (including phenoxy) is 2. The molecule has 1 aliphatic rings. The number of aromatic amines is 1. The van der Waals surface area contributed by atoms with E-state index >= 15 is 0 Å². The molecule has 0 aliphatic carbocycles. The van der Waals surface area contributed by atoms with Crippen LogP contribution in [-0.2, 0) is 14.3 Å². The molecule has 0 saturated carbocycles. The first kappa shape index (κ1) is 29.5. The van der Waals surface area contributed by atoms with Gasteiger partial charge in [-0.1, -0.05) is 55.5 Å². The molecule has 3 aromatic carbocycles. The molecule has 1 aromatic heterocycles. The number of tetrazole rings is 1. The normalized spacial score (nSPS) is 15.5. The Balaban J connectivity index is 1.43. The number of aliphatic imine (C=N–C) groups is 1. The van der Waals surface area contributed by atoms with Gasteiger partial charge in [0.25, 0.3) is 5.91 Å². The highest BCUT2D eigenvalue weighted by Gasteiger charge is 2.28. The number of rotatable bonds is 9. The Morgan fingerprint density at radius 3 is 2.28 bits per heavy atom. The fourth-order valence-electron chi connectivity index (χ4n) is 4.48. The van der Waals surface area contributed by atoms with Gasteiger partial charge in [0.1, 0.15) is 0 Å². The number of esters is 2. The third-order valence-electron chi connectivity index (χ3n) is 6.56. The molecule has 0 spiro atoms. The number of amidine groups is 1. The van der Waals surface area contributed by atoms with Crippen LogP contribution in [0.25, 0.3) is 22.5 Å². The first-order valence-corrected chi connectivity index (χ1v) is 15.1. The van der Waals surface area contributed by atoms with Crippen LogP contribution in [0.4, 0.5) is 5.69 Å². The number of aromatic nitrogens is 4. The molecule has 1 unspecified atom stereocenters. The van der Waals surface area contributed by atoms with Crippen LogP contribution >= 0.6 is 10.5 Å². The molecule has 0 bridgehead atoms. The van der Waals surface area contributed by atoms with E-state index in [1.165, 1.54) is 12.1 Å². The highest BCUT2D eigenvalue weighted by atomic mass is 32.2. The SMILES string of the molecule is CCOC(=O)COC(=O)c1ccccc1C(=O)N=C1N(c2ccc(-c3ccccc3-c3nnn[nH]3)cc2)NC(CC)=S1C. The van der Waals surface area contributed by atoms with Crippen LogP contribution in [-0.4, -0.2) is 68.1 Å². The summed E-state index contributed by atoms with van der Waals surface area (Å²) >= 11 is 0. The Hall–Kier alpha value is -5.01. The Bertz CT molecular complexity index is 1720. The second kappa shape index (κ2) is 13.3. The van der Waals surface area contributed by atoms with Gasteiger partial charge in [0, 0.05) is 10.6 Å². The van der Waals surface area contributed by atoms with E-state index in [1.807, 2.05) is 61.7 Å². The molecule has 220 valence electrons. The summed E-state index contributed by atoms with van der Waals surface area (Å²) in [5, 5.41) is 16.5. The van der Waals surface area contributed by atoms with Crippen molar-refractivity contribution in [2.24, 2.45) is 4.99 Å². The van der Waals surface area contributed by atoms with Crippen LogP contribution in [0.3, 0.4) is 0 Å². The number of carbonyl (C=O) groups excluding carboxylic acids is 3. The van der Waals surface area contributed by atoms with E-state index in [0.717, 1.165) is 33.8 Å². The lowest BCUT2D eigenvalue weighted by Crippen LogP contribution is -2.39. The third kappa shape index (κ3) is 6.42. The van der Waals surface area contributed by atoms with Gasteiger partial charge < -0.3 is 9.47 Å². The number of H-pyrrole nitrogens is 1. The van der Waals surface area contributed by atoms with Gasteiger partial charge in [0.2, 0.25) is 0 Å². The van der Waals surface area contributed by atoms with Crippen molar-refractivity contribution in [3.8, 4) is 22.5 Å². The average Bonchev–Trinajstić information content (AvgIpc) is 3.68. The zero-order chi connectivity index (χ0) is 30.3. The largest absolute Gasteiger partial charge is 0.463 e. The van der Waals surface area contributed by atoms with E-state index in [9.17, 15) is 14.4 Å². The zero-order valence-electron chi connectivity index (χ0n) is 23.7. The topological polar surface area (TPSA) is 152 Å². The minimum Gasteiger partial charge on any atom is -0.463 e. The van der Waals surface area contributed by atoms with Gasteiger partial charge in [-0.3, -0.25) is 4.79 Å². The summed E-state index contributed by atoms with van der Waals surface area (Å²) in [4.78, 5) is 43.4. The first-order valence-electron chi connectivity index (χ1n) is 13.5. The van der Waals surface area contributed by atoms with Crippen LogP contribution in [0, 0.1) is 0 Å². The molecule has 0 fully saturated rings. The Kier molecular flexibility index (Phi) is 9.13. The predicted octanol–water partition coefficient (Wildman–Crippen LogP) is 4.21. The second-order valence-corrected chi connectivity index (χ2v) is 11.1. The summed E-state index contributed by atoms with van der Waals surface area (Å²) in [6.07, 6.45) is 2.73. The number of anilines is 1. The summed E-state index contributed by atoms with van der Waals surface area (Å²) in [6.45, 7) is 3.30. The lowest BCUT2D eigenvalue weighted by Gasteiger charge is -2.20.